The van der Waals surface area contributed by atoms with Gasteiger partial charge in [-0.25, -0.2) is 0 Å². The molecule has 4 heteroatoms. The second-order valence-corrected chi connectivity index (χ2v) is 3.65. The molecule has 1 aromatic rings. The Hall–Kier alpha value is -1.39. The van der Waals surface area contributed by atoms with Gasteiger partial charge in [0, 0.05) is 12.7 Å². The first kappa shape index (κ1) is 13.7. The summed E-state index contributed by atoms with van der Waals surface area (Å²) in [6.07, 6.45) is 0. The Kier molecular flexibility index (Phi) is 5.66. The van der Waals surface area contributed by atoms with E-state index in [1.165, 1.54) is 0 Å². The van der Waals surface area contributed by atoms with Crippen molar-refractivity contribution in [1.82, 2.24) is 0 Å². The summed E-state index contributed by atoms with van der Waals surface area (Å²) in [4.78, 5) is 11.8. The number of hydrogen-bond acceptors (Lipinski definition) is 4. The minimum absolute atomic E-state index is 0.0266. The molecular weight excluding hydrogens is 220 g/mol. The van der Waals surface area contributed by atoms with E-state index in [9.17, 15) is 4.79 Å². The molecular formula is C13H18O4. The molecule has 0 saturated carbocycles. The highest BCUT2D eigenvalue weighted by molar-refractivity contribution is 5.98. The molecule has 0 heterocycles. The third-order valence-corrected chi connectivity index (χ3v) is 2.40. The van der Waals surface area contributed by atoms with Gasteiger partial charge in [0.1, 0.15) is 12.4 Å². The molecule has 0 aliphatic rings. The zero-order valence-electron chi connectivity index (χ0n) is 10.5. The van der Waals surface area contributed by atoms with Crippen LogP contribution in [0, 0.1) is 6.92 Å². The van der Waals surface area contributed by atoms with E-state index in [0.717, 1.165) is 11.3 Å². The van der Waals surface area contributed by atoms with E-state index in [0.29, 0.717) is 18.8 Å². The van der Waals surface area contributed by atoms with E-state index in [-0.39, 0.29) is 12.4 Å². The van der Waals surface area contributed by atoms with Crippen molar-refractivity contribution in [3.63, 3.8) is 0 Å². The van der Waals surface area contributed by atoms with Crippen LogP contribution >= 0.6 is 0 Å². The number of ether oxygens (including phenoxy) is 3. The molecule has 0 amide bonds. The maximum Gasteiger partial charge on any atom is 0.188 e. The quantitative estimate of drug-likeness (QED) is 0.537. The maximum atomic E-state index is 11.8. The molecule has 0 bridgehead atoms. The smallest absolute Gasteiger partial charge is 0.188 e. The van der Waals surface area contributed by atoms with Crippen molar-refractivity contribution in [3.8, 4) is 5.75 Å². The van der Waals surface area contributed by atoms with Crippen molar-refractivity contribution in [2.75, 3.05) is 34.0 Å². The predicted molar refractivity (Wildman–Crippen MR) is 64.8 cm³/mol. The number of carbonyl (C=O) groups is 1. The number of methoxy groups -OCH3 is 2. The van der Waals surface area contributed by atoms with Crippen LogP contribution in [-0.2, 0) is 9.47 Å². The lowest BCUT2D eigenvalue weighted by Crippen LogP contribution is -2.13. The third kappa shape index (κ3) is 4.17. The molecule has 0 aliphatic carbocycles. The molecule has 0 spiro atoms. The number of carbonyl (C=O) groups excluding carboxylic acids is 1. The minimum Gasteiger partial charge on any atom is -0.497 e. The summed E-state index contributed by atoms with van der Waals surface area (Å²) in [5, 5.41) is 0. The van der Waals surface area contributed by atoms with Crippen molar-refractivity contribution in [1.29, 1.82) is 0 Å². The number of Topliss-reactive ketones (excluding diaryl/α,β-unsaturated/α-hetero) is 1. The summed E-state index contributed by atoms with van der Waals surface area (Å²) >= 11 is 0. The molecule has 0 aromatic heterocycles. The molecule has 4 nitrogen and oxygen atoms in total. The standard InChI is InChI=1S/C13H18O4/c1-10-8-11(16-3)4-5-12(10)13(14)9-17-7-6-15-2/h4-5,8H,6-7,9H2,1-3H3. The number of ketones is 1. The first-order valence-electron chi connectivity index (χ1n) is 5.43. The highest BCUT2D eigenvalue weighted by Gasteiger charge is 2.09. The van der Waals surface area contributed by atoms with Crippen LogP contribution in [0.5, 0.6) is 5.75 Å². The van der Waals surface area contributed by atoms with Crippen LogP contribution in [-0.4, -0.2) is 39.8 Å². The molecule has 0 fully saturated rings. The van der Waals surface area contributed by atoms with Crippen LogP contribution in [0.3, 0.4) is 0 Å². The second kappa shape index (κ2) is 7.04. The van der Waals surface area contributed by atoms with E-state index in [1.54, 1.807) is 26.4 Å². The van der Waals surface area contributed by atoms with Gasteiger partial charge in [0.25, 0.3) is 0 Å². The molecule has 0 atom stereocenters. The average Bonchev–Trinajstić information content (AvgIpc) is 2.34. The summed E-state index contributed by atoms with van der Waals surface area (Å²) in [6, 6.07) is 5.37. The number of hydrogen-bond donors (Lipinski definition) is 0. The predicted octanol–water partition coefficient (Wildman–Crippen LogP) is 1.85. The second-order valence-electron chi connectivity index (χ2n) is 3.65. The van der Waals surface area contributed by atoms with Crippen LogP contribution in [0.1, 0.15) is 15.9 Å². The summed E-state index contributed by atoms with van der Waals surface area (Å²) in [7, 11) is 3.20. The van der Waals surface area contributed by atoms with Gasteiger partial charge < -0.3 is 14.2 Å². The Balaban J connectivity index is 2.57. The van der Waals surface area contributed by atoms with E-state index >= 15 is 0 Å². The highest BCUT2D eigenvalue weighted by Crippen LogP contribution is 2.17. The largest absolute Gasteiger partial charge is 0.497 e. The summed E-state index contributed by atoms with van der Waals surface area (Å²) < 4.78 is 15.1. The van der Waals surface area contributed by atoms with Gasteiger partial charge >= 0.3 is 0 Å². The molecule has 0 unspecified atom stereocenters. The monoisotopic (exact) mass is 238 g/mol. The lowest BCUT2D eigenvalue weighted by molar-refractivity contribution is 0.0576. The zero-order chi connectivity index (χ0) is 12.7. The maximum absolute atomic E-state index is 11.8. The molecule has 94 valence electrons. The Labute approximate surface area is 101 Å². The van der Waals surface area contributed by atoms with Crippen molar-refractivity contribution in [2.24, 2.45) is 0 Å². The first-order chi connectivity index (χ1) is 8.19. The molecule has 0 aliphatic heterocycles. The molecule has 0 saturated heterocycles. The minimum atomic E-state index is -0.0266. The summed E-state index contributed by atoms with van der Waals surface area (Å²) in [5.74, 6) is 0.723. The van der Waals surface area contributed by atoms with Gasteiger partial charge in [0.05, 0.1) is 20.3 Å². The number of rotatable bonds is 7. The van der Waals surface area contributed by atoms with Crippen molar-refractivity contribution in [2.45, 2.75) is 6.92 Å². The van der Waals surface area contributed by atoms with E-state index in [2.05, 4.69) is 0 Å². The Bertz CT molecular complexity index is 374. The van der Waals surface area contributed by atoms with Gasteiger partial charge in [-0.15, -0.1) is 0 Å². The Morgan fingerprint density at radius 3 is 2.59 bits per heavy atom. The van der Waals surface area contributed by atoms with E-state index in [4.69, 9.17) is 14.2 Å². The number of benzene rings is 1. The van der Waals surface area contributed by atoms with Crippen LogP contribution < -0.4 is 4.74 Å². The van der Waals surface area contributed by atoms with Gasteiger partial charge in [-0.2, -0.15) is 0 Å². The van der Waals surface area contributed by atoms with Crippen molar-refractivity contribution < 1.29 is 19.0 Å². The van der Waals surface area contributed by atoms with E-state index < -0.39 is 0 Å². The van der Waals surface area contributed by atoms with Gasteiger partial charge in [-0.05, 0) is 30.7 Å². The van der Waals surface area contributed by atoms with Crippen LogP contribution in [0.25, 0.3) is 0 Å². The Morgan fingerprint density at radius 2 is 2.00 bits per heavy atom. The molecule has 1 rings (SSSR count). The molecule has 1 aromatic carbocycles. The summed E-state index contributed by atoms with van der Waals surface area (Å²) in [6.45, 7) is 2.88. The first-order valence-corrected chi connectivity index (χ1v) is 5.43. The molecule has 0 N–H and O–H groups in total. The summed E-state index contributed by atoms with van der Waals surface area (Å²) in [5.41, 5.74) is 1.56. The lowest BCUT2D eigenvalue weighted by atomic mass is 10.1. The molecule has 0 radical (unpaired) electrons. The zero-order valence-corrected chi connectivity index (χ0v) is 10.5. The van der Waals surface area contributed by atoms with Gasteiger partial charge in [-0.1, -0.05) is 0 Å². The fraction of sp³-hybridized carbons (Fsp3) is 0.462. The Morgan fingerprint density at radius 1 is 1.24 bits per heavy atom. The van der Waals surface area contributed by atoms with Crippen molar-refractivity contribution in [3.05, 3.63) is 29.3 Å². The van der Waals surface area contributed by atoms with Crippen molar-refractivity contribution >= 4 is 5.78 Å². The average molecular weight is 238 g/mol. The van der Waals surface area contributed by atoms with Crippen LogP contribution in [0.2, 0.25) is 0 Å². The SMILES string of the molecule is COCCOCC(=O)c1ccc(OC)cc1C. The van der Waals surface area contributed by atoms with Crippen LogP contribution in [0.4, 0.5) is 0 Å². The van der Waals surface area contributed by atoms with Crippen LogP contribution in [0.15, 0.2) is 18.2 Å². The third-order valence-electron chi connectivity index (χ3n) is 2.40. The normalized spacial score (nSPS) is 10.3. The number of aryl methyl sites for hydroxylation is 1. The lowest BCUT2D eigenvalue weighted by Gasteiger charge is -2.07. The fourth-order valence-corrected chi connectivity index (χ4v) is 1.46. The van der Waals surface area contributed by atoms with Gasteiger partial charge in [-0.3, -0.25) is 4.79 Å². The topological polar surface area (TPSA) is 44.8 Å². The highest BCUT2D eigenvalue weighted by atomic mass is 16.5. The molecule has 17 heavy (non-hydrogen) atoms. The fourth-order valence-electron chi connectivity index (χ4n) is 1.46. The van der Waals surface area contributed by atoms with Gasteiger partial charge in [0.2, 0.25) is 0 Å². The van der Waals surface area contributed by atoms with Gasteiger partial charge in [0.15, 0.2) is 5.78 Å². The van der Waals surface area contributed by atoms with E-state index in [1.807, 2.05) is 13.0 Å².